The van der Waals surface area contributed by atoms with Gasteiger partial charge in [0.05, 0.1) is 10.00 Å². The second-order valence-electron chi connectivity index (χ2n) is 6.71. The van der Waals surface area contributed by atoms with Crippen molar-refractivity contribution in [2.45, 2.75) is 78.2 Å². The van der Waals surface area contributed by atoms with Crippen LogP contribution in [0.15, 0.2) is 0 Å². The molecular weight excluding hydrogens is 232 g/mol. The van der Waals surface area contributed by atoms with Gasteiger partial charge in [0, 0.05) is 0 Å². The standard InChI is InChI=1S/C14H30O2S/c1-9-12(4)10-13(5,6)14(7,8)17(15,16)11(2)3/h11-12H,9-10H2,1-8H3. The fraction of sp³-hybridized carbons (Fsp3) is 1.00. The first-order valence-electron chi connectivity index (χ1n) is 6.63. The van der Waals surface area contributed by atoms with Crippen molar-refractivity contribution in [1.29, 1.82) is 0 Å². The lowest BCUT2D eigenvalue weighted by Gasteiger charge is -2.43. The molecule has 0 heterocycles. The van der Waals surface area contributed by atoms with E-state index in [0.717, 1.165) is 12.8 Å². The van der Waals surface area contributed by atoms with Crippen molar-refractivity contribution in [1.82, 2.24) is 0 Å². The zero-order chi connectivity index (χ0) is 14.1. The second kappa shape index (κ2) is 5.29. The van der Waals surface area contributed by atoms with E-state index in [1.54, 1.807) is 13.8 Å². The summed E-state index contributed by atoms with van der Waals surface area (Å²) in [5.74, 6) is 0.562. The van der Waals surface area contributed by atoms with Crippen LogP contribution >= 0.6 is 0 Å². The van der Waals surface area contributed by atoms with Crippen LogP contribution in [-0.2, 0) is 9.84 Å². The minimum atomic E-state index is -3.09. The van der Waals surface area contributed by atoms with E-state index in [9.17, 15) is 8.42 Å². The third-order valence-corrected chi connectivity index (χ3v) is 7.73. The molecule has 0 aliphatic carbocycles. The second-order valence-corrected chi connectivity index (χ2v) is 9.76. The summed E-state index contributed by atoms with van der Waals surface area (Å²) in [6.07, 6.45) is 2.05. The SMILES string of the molecule is CCC(C)CC(C)(C)C(C)(C)S(=O)(=O)C(C)C. The molecule has 1 unspecified atom stereocenters. The van der Waals surface area contributed by atoms with Crippen LogP contribution in [0.25, 0.3) is 0 Å². The van der Waals surface area contributed by atoms with E-state index in [1.807, 2.05) is 13.8 Å². The van der Waals surface area contributed by atoms with Gasteiger partial charge in [0.15, 0.2) is 9.84 Å². The van der Waals surface area contributed by atoms with Gasteiger partial charge in [-0.3, -0.25) is 0 Å². The molecule has 3 heteroatoms. The minimum Gasteiger partial charge on any atom is -0.228 e. The summed E-state index contributed by atoms with van der Waals surface area (Å²) < 4.78 is 24.3. The van der Waals surface area contributed by atoms with E-state index < -0.39 is 14.6 Å². The van der Waals surface area contributed by atoms with Gasteiger partial charge < -0.3 is 0 Å². The Morgan fingerprint density at radius 1 is 1.00 bits per heavy atom. The summed E-state index contributed by atoms with van der Waals surface area (Å²) in [6.45, 7) is 15.8. The molecule has 0 radical (unpaired) electrons. The van der Waals surface area contributed by atoms with E-state index in [0.29, 0.717) is 5.92 Å². The first-order valence-corrected chi connectivity index (χ1v) is 8.18. The smallest absolute Gasteiger partial charge is 0.158 e. The molecule has 0 saturated carbocycles. The Balaban J connectivity index is 5.30. The molecule has 0 aromatic heterocycles. The average Bonchev–Trinajstić information content (AvgIpc) is 2.15. The first kappa shape index (κ1) is 16.9. The van der Waals surface area contributed by atoms with Crippen LogP contribution in [0, 0.1) is 11.3 Å². The molecule has 0 bridgehead atoms. The van der Waals surface area contributed by atoms with Gasteiger partial charge in [-0.25, -0.2) is 8.42 Å². The maximum atomic E-state index is 12.5. The highest BCUT2D eigenvalue weighted by atomic mass is 32.2. The van der Waals surface area contributed by atoms with E-state index in [1.165, 1.54) is 0 Å². The molecule has 104 valence electrons. The molecule has 0 aromatic rings. The van der Waals surface area contributed by atoms with Crippen molar-refractivity contribution in [3.8, 4) is 0 Å². The van der Waals surface area contributed by atoms with Crippen molar-refractivity contribution >= 4 is 9.84 Å². The van der Waals surface area contributed by atoms with Crippen LogP contribution in [0.2, 0.25) is 0 Å². The summed E-state index contributed by atoms with van der Waals surface area (Å²) in [5, 5.41) is -0.311. The normalized spacial score (nSPS) is 16.3. The quantitative estimate of drug-likeness (QED) is 0.723. The molecule has 0 spiro atoms. The Hall–Kier alpha value is -0.0500. The molecule has 0 saturated heterocycles. The maximum absolute atomic E-state index is 12.5. The summed E-state index contributed by atoms with van der Waals surface area (Å²) >= 11 is 0. The highest BCUT2D eigenvalue weighted by molar-refractivity contribution is 7.93. The van der Waals surface area contributed by atoms with Crippen molar-refractivity contribution < 1.29 is 8.42 Å². The van der Waals surface area contributed by atoms with Crippen molar-refractivity contribution in [3.63, 3.8) is 0 Å². The Morgan fingerprint density at radius 2 is 1.41 bits per heavy atom. The highest BCUT2D eigenvalue weighted by Gasteiger charge is 2.48. The molecule has 0 rings (SSSR count). The number of hydrogen-bond acceptors (Lipinski definition) is 2. The highest BCUT2D eigenvalue weighted by Crippen LogP contribution is 2.43. The lowest BCUT2D eigenvalue weighted by atomic mass is 9.73. The van der Waals surface area contributed by atoms with Gasteiger partial charge in [-0.2, -0.15) is 0 Å². The molecule has 0 aliphatic heterocycles. The molecule has 17 heavy (non-hydrogen) atoms. The fourth-order valence-electron chi connectivity index (χ4n) is 2.24. The molecule has 1 atom stereocenters. The van der Waals surface area contributed by atoms with Gasteiger partial charge >= 0.3 is 0 Å². The maximum Gasteiger partial charge on any atom is 0.158 e. The van der Waals surface area contributed by atoms with Gasteiger partial charge in [0.25, 0.3) is 0 Å². The van der Waals surface area contributed by atoms with Crippen LogP contribution in [0.3, 0.4) is 0 Å². The number of sulfone groups is 1. The molecule has 0 amide bonds. The fourth-order valence-corrected chi connectivity index (χ4v) is 4.27. The van der Waals surface area contributed by atoms with Crippen LogP contribution in [0.1, 0.15) is 68.2 Å². The summed E-state index contributed by atoms with van der Waals surface area (Å²) in [7, 11) is -3.09. The predicted molar refractivity (Wildman–Crippen MR) is 76.0 cm³/mol. The summed E-state index contributed by atoms with van der Waals surface area (Å²) in [6, 6.07) is 0. The van der Waals surface area contributed by atoms with E-state index in [2.05, 4.69) is 27.7 Å². The summed E-state index contributed by atoms with van der Waals surface area (Å²) in [4.78, 5) is 0. The third kappa shape index (κ3) is 3.24. The third-order valence-electron chi connectivity index (χ3n) is 4.52. The van der Waals surface area contributed by atoms with Crippen LogP contribution < -0.4 is 0 Å². The molecule has 0 N–H and O–H groups in total. The Labute approximate surface area is 108 Å². The lowest BCUT2D eigenvalue weighted by Crippen LogP contribution is -2.49. The first-order chi connectivity index (χ1) is 7.40. The zero-order valence-electron chi connectivity index (χ0n) is 12.8. The molecule has 2 nitrogen and oxygen atoms in total. The van der Waals surface area contributed by atoms with Gasteiger partial charge in [0.2, 0.25) is 0 Å². The van der Waals surface area contributed by atoms with Crippen molar-refractivity contribution in [3.05, 3.63) is 0 Å². The zero-order valence-corrected chi connectivity index (χ0v) is 13.6. The Kier molecular flexibility index (Phi) is 5.28. The van der Waals surface area contributed by atoms with Crippen molar-refractivity contribution in [2.24, 2.45) is 11.3 Å². The topological polar surface area (TPSA) is 34.1 Å². The molecular formula is C14H30O2S. The lowest BCUT2D eigenvalue weighted by molar-refractivity contribution is 0.207. The van der Waals surface area contributed by atoms with Crippen LogP contribution in [-0.4, -0.2) is 18.4 Å². The van der Waals surface area contributed by atoms with Crippen LogP contribution in [0.5, 0.6) is 0 Å². The van der Waals surface area contributed by atoms with Gasteiger partial charge in [0.1, 0.15) is 0 Å². The van der Waals surface area contributed by atoms with Crippen molar-refractivity contribution in [2.75, 3.05) is 0 Å². The van der Waals surface area contributed by atoms with E-state index >= 15 is 0 Å². The van der Waals surface area contributed by atoms with Crippen LogP contribution in [0.4, 0.5) is 0 Å². The van der Waals surface area contributed by atoms with Gasteiger partial charge in [-0.1, -0.05) is 34.1 Å². The molecule has 0 aromatic carbocycles. The predicted octanol–water partition coefficient (Wildman–Crippen LogP) is 4.05. The minimum absolute atomic E-state index is 0.203. The largest absolute Gasteiger partial charge is 0.228 e. The number of hydrogen-bond donors (Lipinski definition) is 0. The van der Waals surface area contributed by atoms with E-state index in [-0.39, 0.29) is 10.7 Å². The number of rotatable bonds is 6. The summed E-state index contributed by atoms with van der Waals surface area (Å²) in [5.41, 5.74) is -0.203. The molecule has 0 fully saturated rings. The Bertz CT molecular complexity index is 337. The monoisotopic (exact) mass is 262 g/mol. The van der Waals surface area contributed by atoms with Gasteiger partial charge in [-0.05, 0) is 45.4 Å². The van der Waals surface area contributed by atoms with Gasteiger partial charge in [-0.15, -0.1) is 0 Å². The average molecular weight is 262 g/mol. The molecule has 0 aliphatic rings. The Morgan fingerprint density at radius 3 is 1.71 bits per heavy atom. The van der Waals surface area contributed by atoms with E-state index in [4.69, 9.17) is 0 Å².